The van der Waals surface area contributed by atoms with Crippen LogP contribution >= 0.6 is 0 Å². The molecule has 0 aromatic heterocycles. The van der Waals surface area contributed by atoms with E-state index in [0.717, 1.165) is 38.1 Å². The van der Waals surface area contributed by atoms with Crippen LogP contribution in [0.5, 0.6) is 0 Å². The summed E-state index contributed by atoms with van der Waals surface area (Å²) < 4.78 is 26.1. The van der Waals surface area contributed by atoms with Crippen molar-refractivity contribution in [1.29, 1.82) is 0 Å². The third kappa shape index (κ3) is 3.22. The zero-order chi connectivity index (χ0) is 14.7. The van der Waals surface area contributed by atoms with Crippen molar-refractivity contribution in [2.45, 2.75) is 25.8 Å². The van der Waals surface area contributed by atoms with Gasteiger partial charge in [-0.2, -0.15) is 0 Å². The van der Waals surface area contributed by atoms with E-state index in [4.69, 9.17) is 5.11 Å². The monoisotopic (exact) mass is 283 g/mol. The van der Waals surface area contributed by atoms with E-state index in [-0.39, 0.29) is 24.0 Å². The van der Waals surface area contributed by atoms with Gasteiger partial charge in [0.1, 0.15) is 0 Å². The predicted molar refractivity (Wildman–Crippen MR) is 71.5 cm³/mol. The third-order valence-corrected chi connectivity index (χ3v) is 4.04. The van der Waals surface area contributed by atoms with Gasteiger partial charge in [0.05, 0.1) is 6.04 Å². The number of hydrogen-bond donors (Lipinski definition) is 1. The van der Waals surface area contributed by atoms with E-state index in [1.807, 2.05) is 4.90 Å². The van der Waals surface area contributed by atoms with Gasteiger partial charge in [-0.3, -0.25) is 9.69 Å². The number of likely N-dealkylation sites (tertiary alicyclic amines) is 1. The molecular formula is C15H19F2NO2. The first-order chi connectivity index (χ1) is 9.52. The van der Waals surface area contributed by atoms with Crippen LogP contribution < -0.4 is 0 Å². The summed E-state index contributed by atoms with van der Waals surface area (Å²) in [5.74, 6) is -1.84. The van der Waals surface area contributed by atoms with E-state index in [2.05, 4.69) is 0 Å². The molecule has 0 radical (unpaired) electrons. The lowest BCUT2D eigenvalue weighted by atomic mass is 9.95. The maximum atomic E-state index is 13.2. The van der Waals surface area contributed by atoms with Gasteiger partial charge in [-0.15, -0.1) is 0 Å². The van der Waals surface area contributed by atoms with Crippen molar-refractivity contribution in [3.05, 3.63) is 35.4 Å². The lowest BCUT2D eigenvalue weighted by Gasteiger charge is -2.34. The number of carbonyl (C=O) groups excluding carboxylic acids is 1. The fourth-order valence-electron chi connectivity index (χ4n) is 2.58. The summed E-state index contributed by atoms with van der Waals surface area (Å²) in [7, 11) is 0. The number of carbonyl (C=O) groups is 1. The van der Waals surface area contributed by atoms with Gasteiger partial charge in [0.15, 0.2) is 17.4 Å². The molecule has 1 saturated heterocycles. The summed E-state index contributed by atoms with van der Waals surface area (Å²) in [6.07, 6.45) is 1.71. The Bertz CT molecular complexity index is 485. The molecule has 2 rings (SSSR count). The second-order valence-corrected chi connectivity index (χ2v) is 5.33. The molecule has 1 aliphatic rings. The Morgan fingerprint density at radius 2 is 2.00 bits per heavy atom. The van der Waals surface area contributed by atoms with Crippen LogP contribution in [0, 0.1) is 17.6 Å². The van der Waals surface area contributed by atoms with Gasteiger partial charge in [-0.05, 0) is 57.0 Å². The first kappa shape index (κ1) is 15.1. The summed E-state index contributed by atoms with van der Waals surface area (Å²) in [5, 5.41) is 9.10. The minimum absolute atomic E-state index is 0.180. The number of halogens is 2. The molecule has 1 heterocycles. The normalized spacial score (nSPS) is 19.0. The molecule has 3 nitrogen and oxygen atoms in total. The Labute approximate surface area is 117 Å². The molecule has 0 bridgehead atoms. The zero-order valence-electron chi connectivity index (χ0n) is 11.5. The number of rotatable bonds is 4. The van der Waals surface area contributed by atoms with E-state index >= 15 is 0 Å². The Morgan fingerprint density at radius 3 is 2.55 bits per heavy atom. The number of Topliss-reactive ketones (excluding diaryl/α,β-unsaturated/α-hetero) is 1. The van der Waals surface area contributed by atoms with Crippen LogP contribution in [0.2, 0.25) is 0 Å². The number of nitrogens with zero attached hydrogens (tertiary/aromatic N) is 1. The van der Waals surface area contributed by atoms with Crippen molar-refractivity contribution in [1.82, 2.24) is 4.90 Å². The van der Waals surface area contributed by atoms with Gasteiger partial charge < -0.3 is 5.11 Å². The Hall–Kier alpha value is -1.33. The quantitative estimate of drug-likeness (QED) is 0.862. The van der Waals surface area contributed by atoms with E-state index in [1.165, 1.54) is 6.07 Å². The standard InChI is InChI=1S/C15H19F2NO2/c1-10(18-6-4-11(9-19)5-7-18)15(20)12-2-3-13(16)14(17)8-12/h2-3,8,10-11,19H,4-7,9H2,1H3. The average Bonchev–Trinajstić information content (AvgIpc) is 2.48. The highest BCUT2D eigenvalue weighted by Gasteiger charge is 2.27. The first-order valence-corrected chi connectivity index (χ1v) is 6.87. The molecule has 5 heteroatoms. The van der Waals surface area contributed by atoms with Crippen molar-refractivity contribution in [3.8, 4) is 0 Å². The van der Waals surface area contributed by atoms with E-state index < -0.39 is 11.6 Å². The van der Waals surface area contributed by atoms with E-state index in [9.17, 15) is 13.6 Å². The van der Waals surface area contributed by atoms with Crippen molar-refractivity contribution in [2.24, 2.45) is 5.92 Å². The molecule has 20 heavy (non-hydrogen) atoms. The molecule has 1 aromatic carbocycles. The fourth-order valence-corrected chi connectivity index (χ4v) is 2.58. The lowest BCUT2D eigenvalue weighted by molar-refractivity contribution is 0.0720. The first-order valence-electron chi connectivity index (χ1n) is 6.87. The molecule has 0 spiro atoms. The average molecular weight is 283 g/mol. The van der Waals surface area contributed by atoms with Crippen LogP contribution in [0.1, 0.15) is 30.1 Å². The van der Waals surface area contributed by atoms with Gasteiger partial charge in [-0.1, -0.05) is 0 Å². The largest absolute Gasteiger partial charge is 0.396 e. The van der Waals surface area contributed by atoms with Gasteiger partial charge in [0.2, 0.25) is 0 Å². The Balaban J connectivity index is 2.03. The van der Waals surface area contributed by atoms with Crippen molar-refractivity contribution in [2.75, 3.05) is 19.7 Å². The molecule has 0 aliphatic carbocycles. The number of piperidine rings is 1. The molecule has 110 valence electrons. The summed E-state index contributed by atoms with van der Waals surface area (Å²) in [6, 6.07) is 2.89. The van der Waals surface area contributed by atoms with Crippen molar-refractivity contribution < 1.29 is 18.7 Å². The van der Waals surface area contributed by atoms with Gasteiger partial charge in [-0.25, -0.2) is 8.78 Å². The number of aliphatic hydroxyl groups is 1. The van der Waals surface area contributed by atoms with Crippen molar-refractivity contribution >= 4 is 5.78 Å². The van der Waals surface area contributed by atoms with E-state index in [0.29, 0.717) is 5.92 Å². The highest BCUT2D eigenvalue weighted by Crippen LogP contribution is 2.20. The summed E-state index contributed by atoms with van der Waals surface area (Å²) in [4.78, 5) is 14.3. The maximum Gasteiger partial charge on any atom is 0.179 e. The fraction of sp³-hybridized carbons (Fsp3) is 0.533. The third-order valence-electron chi connectivity index (χ3n) is 4.04. The minimum Gasteiger partial charge on any atom is -0.396 e. The highest BCUT2D eigenvalue weighted by molar-refractivity contribution is 5.99. The van der Waals surface area contributed by atoms with Gasteiger partial charge >= 0.3 is 0 Å². The van der Waals surface area contributed by atoms with Crippen LogP contribution in [0.25, 0.3) is 0 Å². The summed E-state index contributed by atoms with van der Waals surface area (Å²) in [5.41, 5.74) is 0.195. The van der Waals surface area contributed by atoms with Gasteiger partial charge in [0, 0.05) is 12.2 Å². The summed E-state index contributed by atoms with van der Waals surface area (Å²) >= 11 is 0. The number of aliphatic hydroxyl groups excluding tert-OH is 1. The SMILES string of the molecule is CC(C(=O)c1ccc(F)c(F)c1)N1CCC(CO)CC1. The number of benzene rings is 1. The predicted octanol–water partition coefficient (Wildman–Crippen LogP) is 2.24. The smallest absolute Gasteiger partial charge is 0.179 e. The molecule has 1 unspecified atom stereocenters. The minimum atomic E-state index is -0.998. The highest BCUT2D eigenvalue weighted by atomic mass is 19.2. The zero-order valence-corrected chi connectivity index (χ0v) is 11.5. The van der Waals surface area contributed by atoms with E-state index in [1.54, 1.807) is 6.92 Å². The molecule has 1 atom stereocenters. The topological polar surface area (TPSA) is 40.5 Å². The molecular weight excluding hydrogens is 264 g/mol. The van der Waals surface area contributed by atoms with Crippen molar-refractivity contribution in [3.63, 3.8) is 0 Å². The molecule has 0 amide bonds. The van der Waals surface area contributed by atoms with Crippen LogP contribution in [-0.2, 0) is 0 Å². The molecule has 0 saturated carbocycles. The molecule has 1 aliphatic heterocycles. The second-order valence-electron chi connectivity index (χ2n) is 5.33. The van der Waals surface area contributed by atoms with Crippen LogP contribution in [0.3, 0.4) is 0 Å². The molecule has 1 N–H and O–H groups in total. The summed E-state index contributed by atoms with van der Waals surface area (Å²) in [6.45, 7) is 3.44. The molecule has 1 aromatic rings. The Kier molecular flexibility index (Phi) is 4.83. The Morgan fingerprint density at radius 1 is 1.35 bits per heavy atom. The van der Waals surface area contributed by atoms with Crippen LogP contribution in [0.4, 0.5) is 8.78 Å². The van der Waals surface area contributed by atoms with Crippen LogP contribution in [0.15, 0.2) is 18.2 Å². The second kappa shape index (κ2) is 6.41. The van der Waals surface area contributed by atoms with Gasteiger partial charge in [0.25, 0.3) is 0 Å². The lowest BCUT2D eigenvalue weighted by Crippen LogP contribution is -2.44. The number of ketones is 1. The maximum absolute atomic E-state index is 13.2. The number of hydrogen-bond acceptors (Lipinski definition) is 3. The van der Waals surface area contributed by atoms with Crippen LogP contribution in [-0.4, -0.2) is 41.5 Å². The molecule has 1 fully saturated rings.